The maximum Gasteiger partial charge on any atom is 0.239 e. The molecule has 1 aromatic rings. The summed E-state index contributed by atoms with van der Waals surface area (Å²) in [5.74, 6) is 0.0159. The molecule has 2 rings (SSSR count). The summed E-state index contributed by atoms with van der Waals surface area (Å²) < 4.78 is 10.4. The minimum Gasteiger partial charge on any atom is -0.495 e. The van der Waals surface area contributed by atoms with E-state index >= 15 is 0 Å². The number of amides is 2. The van der Waals surface area contributed by atoms with E-state index in [-0.39, 0.29) is 11.8 Å². The van der Waals surface area contributed by atoms with Gasteiger partial charge in [-0.2, -0.15) is 0 Å². The van der Waals surface area contributed by atoms with Gasteiger partial charge in [0.05, 0.1) is 26.0 Å². The van der Waals surface area contributed by atoms with Crippen LogP contribution in [-0.2, 0) is 14.3 Å². The monoisotopic (exact) mass is 306 g/mol. The third kappa shape index (κ3) is 3.39. The summed E-state index contributed by atoms with van der Waals surface area (Å²) in [4.78, 5) is 26.8. The van der Waals surface area contributed by atoms with Gasteiger partial charge in [0.2, 0.25) is 11.8 Å². The largest absolute Gasteiger partial charge is 0.495 e. The van der Waals surface area contributed by atoms with Crippen molar-refractivity contribution >= 4 is 17.5 Å². The van der Waals surface area contributed by atoms with Gasteiger partial charge in [-0.1, -0.05) is 12.1 Å². The van der Waals surface area contributed by atoms with Crippen LogP contribution in [0.1, 0.15) is 13.8 Å². The number of benzene rings is 1. The van der Waals surface area contributed by atoms with Crippen molar-refractivity contribution in [2.24, 2.45) is 5.41 Å². The number of carbonyl (C=O) groups is 2. The second-order valence-electron chi connectivity index (χ2n) is 5.68. The Morgan fingerprint density at radius 3 is 2.50 bits per heavy atom. The number of rotatable bonds is 4. The van der Waals surface area contributed by atoms with Gasteiger partial charge in [-0.25, -0.2) is 0 Å². The van der Waals surface area contributed by atoms with Crippen molar-refractivity contribution in [2.75, 3.05) is 38.7 Å². The molecule has 1 fully saturated rings. The van der Waals surface area contributed by atoms with Gasteiger partial charge in [-0.05, 0) is 26.0 Å². The summed E-state index contributed by atoms with van der Waals surface area (Å²) in [5, 5.41) is 2.78. The number of para-hydroxylation sites is 2. The number of nitrogens with zero attached hydrogens (tertiary/aromatic N) is 1. The Morgan fingerprint density at radius 2 is 1.86 bits per heavy atom. The van der Waals surface area contributed by atoms with Gasteiger partial charge in [0.1, 0.15) is 11.2 Å². The smallest absolute Gasteiger partial charge is 0.239 e. The molecule has 0 radical (unpaired) electrons. The second kappa shape index (κ2) is 6.79. The zero-order valence-electron chi connectivity index (χ0n) is 13.2. The first kappa shape index (κ1) is 16.3. The molecule has 6 heteroatoms. The van der Waals surface area contributed by atoms with Crippen LogP contribution in [0.15, 0.2) is 24.3 Å². The lowest BCUT2D eigenvalue weighted by atomic mass is 9.90. The number of methoxy groups -OCH3 is 1. The summed E-state index contributed by atoms with van der Waals surface area (Å²) in [6, 6.07) is 7.12. The number of carbonyl (C=O) groups excluding carboxylic acids is 2. The molecule has 1 saturated heterocycles. The molecule has 1 aliphatic heterocycles. The predicted molar refractivity (Wildman–Crippen MR) is 82.8 cm³/mol. The van der Waals surface area contributed by atoms with Gasteiger partial charge in [0.25, 0.3) is 0 Å². The molecule has 0 atom stereocenters. The maximum absolute atomic E-state index is 12.6. The van der Waals surface area contributed by atoms with Crippen molar-refractivity contribution in [1.29, 1.82) is 0 Å². The zero-order valence-corrected chi connectivity index (χ0v) is 13.2. The van der Waals surface area contributed by atoms with E-state index in [9.17, 15) is 9.59 Å². The van der Waals surface area contributed by atoms with Crippen molar-refractivity contribution in [3.8, 4) is 5.75 Å². The van der Waals surface area contributed by atoms with E-state index in [0.29, 0.717) is 37.7 Å². The van der Waals surface area contributed by atoms with Crippen LogP contribution in [0.4, 0.5) is 5.69 Å². The molecule has 0 bridgehead atoms. The molecular formula is C16H22N2O4. The highest BCUT2D eigenvalue weighted by Gasteiger charge is 2.39. The standard InChI is InChI=1S/C16H22N2O4/c1-16(2,15(20)18-8-10-22-11-9-18)14(19)17-12-6-4-5-7-13(12)21-3/h4-7H,8-11H2,1-3H3,(H,17,19). The summed E-state index contributed by atoms with van der Waals surface area (Å²) >= 11 is 0. The minimum atomic E-state index is -1.15. The quantitative estimate of drug-likeness (QED) is 0.856. The Kier molecular flexibility index (Phi) is 5.03. The molecule has 2 amide bonds. The first-order chi connectivity index (χ1) is 10.5. The topological polar surface area (TPSA) is 67.9 Å². The predicted octanol–water partition coefficient (Wildman–Crippen LogP) is 1.52. The highest BCUT2D eigenvalue weighted by molar-refractivity contribution is 6.10. The molecular weight excluding hydrogens is 284 g/mol. The lowest BCUT2D eigenvalue weighted by molar-refractivity contribution is -0.149. The number of ether oxygens (including phenoxy) is 2. The average Bonchev–Trinajstić information content (AvgIpc) is 2.55. The SMILES string of the molecule is COc1ccccc1NC(=O)C(C)(C)C(=O)N1CCOCC1. The molecule has 1 heterocycles. The number of hydrogen-bond donors (Lipinski definition) is 1. The van der Waals surface area contributed by atoms with Crippen molar-refractivity contribution in [3.05, 3.63) is 24.3 Å². The minimum absolute atomic E-state index is 0.191. The molecule has 0 aliphatic carbocycles. The Balaban J connectivity index is 2.11. The van der Waals surface area contributed by atoms with Gasteiger partial charge < -0.3 is 19.7 Å². The van der Waals surface area contributed by atoms with E-state index in [2.05, 4.69) is 5.32 Å². The van der Waals surface area contributed by atoms with E-state index in [0.717, 1.165) is 0 Å². The fourth-order valence-corrected chi connectivity index (χ4v) is 2.29. The molecule has 0 unspecified atom stereocenters. The van der Waals surface area contributed by atoms with Crippen LogP contribution < -0.4 is 10.1 Å². The molecule has 0 saturated carbocycles. The van der Waals surface area contributed by atoms with Crippen molar-refractivity contribution in [2.45, 2.75) is 13.8 Å². The van der Waals surface area contributed by atoms with Crippen LogP contribution in [0.5, 0.6) is 5.75 Å². The molecule has 120 valence electrons. The van der Waals surface area contributed by atoms with Gasteiger partial charge in [0.15, 0.2) is 0 Å². The van der Waals surface area contributed by atoms with Crippen LogP contribution in [0.25, 0.3) is 0 Å². The van der Waals surface area contributed by atoms with E-state index in [1.807, 2.05) is 6.07 Å². The third-order valence-corrected chi connectivity index (χ3v) is 3.76. The van der Waals surface area contributed by atoms with Crippen molar-refractivity contribution in [1.82, 2.24) is 4.90 Å². The van der Waals surface area contributed by atoms with E-state index in [1.165, 1.54) is 7.11 Å². The summed E-state index contributed by atoms with van der Waals surface area (Å²) in [6.07, 6.45) is 0. The first-order valence-electron chi connectivity index (χ1n) is 7.28. The normalized spacial score (nSPS) is 15.3. The molecule has 1 aliphatic rings. The number of morpholine rings is 1. The molecule has 6 nitrogen and oxygen atoms in total. The lowest BCUT2D eigenvalue weighted by Gasteiger charge is -2.33. The Hall–Kier alpha value is -2.08. The lowest BCUT2D eigenvalue weighted by Crippen LogP contribution is -2.51. The fourth-order valence-electron chi connectivity index (χ4n) is 2.29. The van der Waals surface area contributed by atoms with Crippen LogP contribution in [-0.4, -0.2) is 50.1 Å². The van der Waals surface area contributed by atoms with Crippen LogP contribution >= 0.6 is 0 Å². The third-order valence-electron chi connectivity index (χ3n) is 3.76. The first-order valence-corrected chi connectivity index (χ1v) is 7.28. The number of anilines is 1. The Morgan fingerprint density at radius 1 is 1.23 bits per heavy atom. The van der Waals surface area contributed by atoms with Crippen molar-refractivity contribution in [3.63, 3.8) is 0 Å². The molecule has 0 aromatic heterocycles. The van der Waals surface area contributed by atoms with Gasteiger partial charge >= 0.3 is 0 Å². The summed E-state index contributed by atoms with van der Waals surface area (Å²) in [5.41, 5.74) is -0.601. The van der Waals surface area contributed by atoms with Crippen LogP contribution in [0.3, 0.4) is 0 Å². The molecule has 22 heavy (non-hydrogen) atoms. The second-order valence-corrected chi connectivity index (χ2v) is 5.68. The summed E-state index contributed by atoms with van der Waals surface area (Å²) in [6.45, 7) is 5.32. The van der Waals surface area contributed by atoms with Crippen LogP contribution in [0, 0.1) is 5.41 Å². The van der Waals surface area contributed by atoms with Crippen molar-refractivity contribution < 1.29 is 19.1 Å². The zero-order chi connectivity index (χ0) is 16.2. The molecule has 0 spiro atoms. The van der Waals surface area contributed by atoms with E-state index in [1.54, 1.807) is 36.9 Å². The van der Waals surface area contributed by atoms with E-state index in [4.69, 9.17) is 9.47 Å². The molecule has 1 N–H and O–H groups in total. The molecule has 1 aromatic carbocycles. The van der Waals surface area contributed by atoms with Gasteiger partial charge in [0, 0.05) is 13.1 Å². The Labute approximate surface area is 130 Å². The number of hydrogen-bond acceptors (Lipinski definition) is 4. The fraction of sp³-hybridized carbons (Fsp3) is 0.500. The average molecular weight is 306 g/mol. The maximum atomic E-state index is 12.6. The van der Waals surface area contributed by atoms with Crippen LogP contribution in [0.2, 0.25) is 0 Å². The Bertz CT molecular complexity index is 551. The summed E-state index contributed by atoms with van der Waals surface area (Å²) in [7, 11) is 1.54. The highest BCUT2D eigenvalue weighted by atomic mass is 16.5. The number of nitrogens with one attached hydrogen (secondary N) is 1. The van der Waals surface area contributed by atoms with E-state index < -0.39 is 5.41 Å². The highest BCUT2D eigenvalue weighted by Crippen LogP contribution is 2.27. The van der Waals surface area contributed by atoms with Gasteiger partial charge in [-0.3, -0.25) is 9.59 Å². The van der Waals surface area contributed by atoms with Gasteiger partial charge in [-0.15, -0.1) is 0 Å².